The summed E-state index contributed by atoms with van der Waals surface area (Å²) < 4.78 is 5.77. The van der Waals surface area contributed by atoms with E-state index in [1.807, 2.05) is 0 Å². The van der Waals surface area contributed by atoms with Crippen LogP contribution in [-0.4, -0.2) is 46.3 Å². The fourth-order valence-electron chi connectivity index (χ4n) is 2.43. The van der Waals surface area contributed by atoms with Crippen molar-refractivity contribution >= 4 is 36.1 Å². The first-order valence-electron chi connectivity index (χ1n) is 6.98. The summed E-state index contributed by atoms with van der Waals surface area (Å²) in [7, 11) is 0. The number of amides is 1. The van der Waals surface area contributed by atoms with Gasteiger partial charge >= 0.3 is 5.97 Å². The molecular formula is C15H18ClNO4S. The van der Waals surface area contributed by atoms with Crippen LogP contribution in [0, 0.1) is 5.92 Å². The van der Waals surface area contributed by atoms with Crippen LogP contribution in [0.1, 0.15) is 13.3 Å². The van der Waals surface area contributed by atoms with E-state index in [2.05, 4.69) is 12.6 Å². The normalized spacial score (nSPS) is 22.4. The minimum atomic E-state index is -1.01. The summed E-state index contributed by atoms with van der Waals surface area (Å²) in [5.74, 6) is -0.550. The molecule has 1 heterocycles. The summed E-state index contributed by atoms with van der Waals surface area (Å²) in [5.41, 5.74) is 0. The third-order valence-corrected chi connectivity index (χ3v) is 4.44. The zero-order valence-electron chi connectivity index (χ0n) is 12.1. The standard InChI is InChI=1S/C15H18ClNO4S/c1-9(8-22)14(18)17-7-12(6-13(17)15(19)20)21-11-4-2-10(16)3-5-11/h2-5,9,12-13,22H,6-8H2,1H3,(H,19,20)/t9?,12-,13-/m0/s1. The van der Waals surface area contributed by atoms with E-state index in [0.29, 0.717) is 16.5 Å². The van der Waals surface area contributed by atoms with Crippen LogP contribution in [-0.2, 0) is 9.59 Å². The maximum Gasteiger partial charge on any atom is 0.326 e. The highest BCUT2D eigenvalue weighted by Crippen LogP contribution is 2.26. The van der Waals surface area contributed by atoms with E-state index in [1.54, 1.807) is 31.2 Å². The number of carbonyl (C=O) groups is 2. The molecule has 0 aromatic heterocycles. The fraction of sp³-hybridized carbons (Fsp3) is 0.467. The summed E-state index contributed by atoms with van der Waals surface area (Å²) in [6, 6.07) is 5.99. The number of benzene rings is 1. The van der Waals surface area contributed by atoms with Gasteiger partial charge in [-0.2, -0.15) is 12.6 Å². The molecule has 0 aliphatic carbocycles. The van der Waals surface area contributed by atoms with Gasteiger partial charge in [-0.1, -0.05) is 18.5 Å². The van der Waals surface area contributed by atoms with Crippen molar-refractivity contribution < 1.29 is 19.4 Å². The Morgan fingerprint density at radius 3 is 2.64 bits per heavy atom. The number of carboxylic acids is 1. The Bertz CT molecular complexity index is 551. The molecule has 0 spiro atoms. The quantitative estimate of drug-likeness (QED) is 0.805. The third kappa shape index (κ3) is 3.87. The largest absolute Gasteiger partial charge is 0.488 e. The average molecular weight is 344 g/mol. The van der Waals surface area contributed by atoms with Gasteiger partial charge in [0, 0.05) is 23.1 Å². The van der Waals surface area contributed by atoms with Gasteiger partial charge in [-0.05, 0) is 24.3 Å². The van der Waals surface area contributed by atoms with Crippen LogP contribution < -0.4 is 4.74 Å². The number of hydrogen-bond donors (Lipinski definition) is 2. The number of thiol groups is 1. The number of carbonyl (C=O) groups excluding carboxylic acids is 1. The topological polar surface area (TPSA) is 66.8 Å². The number of hydrogen-bond acceptors (Lipinski definition) is 4. The van der Waals surface area contributed by atoms with Gasteiger partial charge in [0.15, 0.2) is 0 Å². The average Bonchev–Trinajstić information content (AvgIpc) is 2.92. The highest BCUT2D eigenvalue weighted by Gasteiger charge is 2.41. The molecule has 1 aromatic carbocycles. The van der Waals surface area contributed by atoms with Crippen molar-refractivity contribution in [2.45, 2.75) is 25.5 Å². The molecular weight excluding hydrogens is 326 g/mol. The van der Waals surface area contributed by atoms with E-state index in [0.717, 1.165) is 0 Å². The smallest absolute Gasteiger partial charge is 0.326 e. The fourth-order valence-corrected chi connectivity index (χ4v) is 2.71. The van der Waals surface area contributed by atoms with Crippen molar-refractivity contribution in [2.75, 3.05) is 12.3 Å². The summed E-state index contributed by atoms with van der Waals surface area (Å²) in [5, 5.41) is 9.92. The molecule has 3 atom stereocenters. The summed E-state index contributed by atoms with van der Waals surface area (Å²) in [4.78, 5) is 25.0. The van der Waals surface area contributed by atoms with E-state index in [-0.39, 0.29) is 30.9 Å². The molecule has 120 valence electrons. The molecule has 1 fully saturated rings. The number of rotatable bonds is 5. The SMILES string of the molecule is CC(CS)C(=O)N1C[C@@H](Oc2ccc(Cl)cc2)C[C@H]1C(=O)O. The second-order valence-electron chi connectivity index (χ2n) is 5.36. The van der Waals surface area contributed by atoms with Gasteiger partial charge in [0.05, 0.1) is 6.54 Å². The molecule has 7 heteroatoms. The minimum absolute atomic E-state index is 0.204. The van der Waals surface area contributed by atoms with Gasteiger partial charge in [0.2, 0.25) is 5.91 Å². The molecule has 0 radical (unpaired) electrons. The Morgan fingerprint density at radius 2 is 2.09 bits per heavy atom. The first kappa shape index (κ1) is 17.0. The number of likely N-dealkylation sites (tertiary alicyclic amines) is 1. The second kappa shape index (κ2) is 7.24. The molecule has 1 amide bonds. The predicted molar refractivity (Wildman–Crippen MR) is 86.6 cm³/mol. The number of aliphatic carboxylic acids is 1. The molecule has 1 unspecified atom stereocenters. The molecule has 1 aliphatic heterocycles. The lowest BCUT2D eigenvalue weighted by Gasteiger charge is -2.24. The van der Waals surface area contributed by atoms with Gasteiger partial charge in [0.1, 0.15) is 17.9 Å². The number of carboxylic acid groups (broad SMARTS) is 1. The Hall–Kier alpha value is -1.40. The van der Waals surface area contributed by atoms with Crippen LogP contribution in [0.4, 0.5) is 0 Å². The van der Waals surface area contributed by atoms with E-state index in [9.17, 15) is 14.7 Å². The molecule has 1 saturated heterocycles. The molecule has 0 bridgehead atoms. The Balaban J connectivity index is 2.08. The van der Waals surface area contributed by atoms with Crippen molar-refractivity contribution in [1.82, 2.24) is 4.90 Å². The van der Waals surface area contributed by atoms with Crippen molar-refractivity contribution in [1.29, 1.82) is 0 Å². The van der Waals surface area contributed by atoms with Gasteiger partial charge in [0.25, 0.3) is 0 Å². The molecule has 1 N–H and O–H groups in total. The highest BCUT2D eigenvalue weighted by molar-refractivity contribution is 7.80. The van der Waals surface area contributed by atoms with Crippen LogP contribution in [0.3, 0.4) is 0 Å². The summed E-state index contributed by atoms with van der Waals surface area (Å²) >= 11 is 9.92. The molecule has 1 aliphatic rings. The van der Waals surface area contributed by atoms with Gasteiger partial charge < -0.3 is 14.7 Å². The molecule has 0 saturated carbocycles. The molecule has 22 heavy (non-hydrogen) atoms. The zero-order valence-corrected chi connectivity index (χ0v) is 13.8. The van der Waals surface area contributed by atoms with Crippen LogP contribution in [0.5, 0.6) is 5.75 Å². The van der Waals surface area contributed by atoms with Crippen molar-refractivity contribution in [3.05, 3.63) is 29.3 Å². The monoisotopic (exact) mass is 343 g/mol. The molecule has 2 rings (SSSR count). The minimum Gasteiger partial charge on any atom is -0.488 e. The zero-order chi connectivity index (χ0) is 16.3. The first-order chi connectivity index (χ1) is 10.4. The van der Waals surface area contributed by atoms with Gasteiger partial charge in [-0.15, -0.1) is 0 Å². The van der Waals surface area contributed by atoms with E-state index < -0.39 is 12.0 Å². The lowest BCUT2D eigenvalue weighted by Crippen LogP contribution is -2.43. The van der Waals surface area contributed by atoms with Gasteiger partial charge in [-0.25, -0.2) is 4.79 Å². The van der Waals surface area contributed by atoms with Crippen LogP contribution in [0.25, 0.3) is 0 Å². The van der Waals surface area contributed by atoms with Crippen molar-refractivity contribution in [3.8, 4) is 5.75 Å². The van der Waals surface area contributed by atoms with Crippen molar-refractivity contribution in [2.24, 2.45) is 5.92 Å². The Labute approximate surface area is 139 Å². The van der Waals surface area contributed by atoms with E-state index in [4.69, 9.17) is 16.3 Å². The molecule has 1 aromatic rings. The van der Waals surface area contributed by atoms with E-state index >= 15 is 0 Å². The molecule has 5 nitrogen and oxygen atoms in total. The Kier molecular flexibility index (Phi) is 5.58. The lowest BCUT2D eigenvalue weighted by molar-refractivity contribution is -0.149. The first-order valence-corrected chi connectivity index (χ1v) is 7.99. The maximum atomic E-state index is 12.3. The summed E-state index contributed by atoms with van der Waals surface area (Å²) in [6.45, 7) is 2.00. The Morgan fingerprint density at radius 1 is 1.45 bits per heavy atom. The van der Waals surface area contributed by atoms with E-state index in [1.165, 1.54) is 4.90 Å². The summed E-state index contributed by atoms with van der Waals surface area (Å²) in [6.07, 6.45) is -0.0819. The maximum absolute atomic E-state index is 12.3. The van der Waals surface area contributed by atoms with Crippen molar-refractivity contribution in [3.63, 3.8) is 0 Å². The van der Waals surface area contributed by atoms with Crippen LogP contribution in [0.2, 0.25) is 5.02 Å². The van der Waals surface area contributed by atoms with Gasteiger partial charge in [-0.3, -0.25) is 4.79 Å². The highest BCUT2D eigenvalue weighted by atomic mass is 35.5. The predicted octanol–water partition coefficient (Wildman–Crippen LogP) is 2.34. The number of ether oxygens (including phenoxy) is 1. The third-order valence-electron chi connectivity index (χ3n) is 3.64. The number of halogens is 1. The number of nitrogens with zero attached hydrogens (tertiary/aromatic N) is 1. The van der Waals surface area contributed by atoms with Crippen LogP contribution >= 0.6 is 24.2 Å². The second-order valence-corrected chi connectivity index (χ2v) is 6.16. The van der Waals surface area contributed by atoms with Crippen LogP contribution in [0.15, 0.2) is 24.3 Å². The lowest BCUT2D eigenvalue weighted by atomic mass is 10.1.